The number of nitrogens with zero attached hydrogens (tertiary/aromatic N) is 1. The van der Waals surface area contributed by atoms with Crippen LogP contribution in [0.25, 0.3) is 10.1 Å². The van der Waals surface area contributed by atoms with Crippen molar-refractivity contribution in [3.63, 3.8) is 0 Å². The Morgan fingerprint density at radius 1 is 1.19 bits per heavy atom. The van der Waals surface area contributed by atoms with Crippen molar-refractivity contribution in [1.82, 2.24) is 4.98 Å². The maximum absolute atomic E-state index is 12.1. The van der Waals surface area contributed by atoms with Crippen molar-refractivity contribution >= 4 is 39.0 Å². The molecule has 0 aliphatic heterocycles. The number of fused-ring (bicyclic) bond motifs is 1. The minimum atomic E-state index is -0.972. The van der Waals surface area contributed by atoms with Crippen LogP contribution in [0.15, 0.2) is 48.8 Å². The molecule has 0 bridgehead atoms. The number of anilines is 1. The number of nitrogens with one attached hydrogen (secondary N) is 1. The average molecular weight is 298 g/mol. The van der Waals surface area contributed by atoms with Gasteiger partial charge in [0.25, 0.3) is 5.91 Å². The van der Waals surface area contributed by atoms with Crippen molar-refractivity contribution in [3.8, 4) is 0 Å². The lowest BCUT2D eigenvalue weighted by Crippen LogP contribution is -2.11. The fraction of sp³-hybridized carbons (Fsp3) is 0. The summed E-state index contributed by atoms with van der Waals surface area (Å²) in [5, 5.41) is 12.6. The molecule has 3 rings (SSSR count). The first kappa shape index (κ1) is 13.3. The lowest BCUT2D eigenvalue weighted by Gasteiger charge is -2.05. The molecule has 0 aliphatic carbocycles. The molecule has 0 saturated heterocycles. The van der Waals surface area contributed by atoms with Crippen molar-refractivity contribution in [1.29, 1.82) is 0 Å². The van der Waals surface area contributed by atoms with Crippen LogP contribution in [0.1, 0.15) is 20.0 Å². The van der Waals surface area contributed by atoms with E-state index in [1.807, 2.05) is 6.07 Å². The molecule has 0 spiro atoms. The molecule has 6 heteroatoms. The number of pyridine rings is 1. The number of rotatable bonds is 3. The highest BCUT2D eigenvalue weighted by Gasteiger charge is 2.13. The van der Waals surface area contributed by atoms with Crippen molar-refractivity contribution < 1.29 is 14.7 Å². The van der Waals surface area contributed by atoms with Gasteiger partial charge >= 0.3 is 5.97 Å². The Morgan fingerprint density at radius 3 is 2.76 bits per heavy atom. The van der Waals surface area contributed by atoms with Gasteiger partial charge in [-0.05, 0) is 29.7 Å². The molecule has 0 radical (unpaired) electrons. The van der Waals surface area contributed by atoms with Crippen molar-refractivity contribution in [2.75, 3.05) is 5.32 Å². The van der Waals surface area contributed by atoms with E-state index in [4.69, 9.17) is 5.11 Å². The molecule has 0 unspecified atom stereocenters. The Kier molecular flexibility index (Phi) is 3.37. The second kappa shape index (κ2) is 5.34. The summed E-state index contributed by atoms with van der Waals surface area (Å²) in [6.45, 7) is 0. The Labute approximate surface area is 123 Å². The molecule has 104 valence electrons. The molecule has 21 heavy (non-hydrogen) atoms. The van der Waals surface area contributed by atoms with E-state index >= 15 is 0 Å². The highest BCUT2D eigenvalue weighted by Crippen LogP contribution is 2.32. The molecule has 2 heterocycles. The topological polar surface area (TPSA) is 79.3 Å². The SMILES string of the molecule is O=C(Nc1cccc2cc(C(=O)O)sc12)c1cccnc1. The fourth-order valence-electron chi connectivity index (χ4n) is 1.96. The molecule has 1 amide bonds. The van der Waals surface area contributed by atoms with Crippen molar-refractivity contribution in [3.05, 3.63) is 59.2 Å². The van der Waals surface area contributed by atoms with Gasteiger partial charge in [0.15, 0.2) is 0 Å². The number of thiophene rings is 1. The lowest BCUT2D eigenvalue weighted by molar-refractivity contribution is 0.0702. The van der Waals surface area contributed by atoms with Gasteiger partial charge in [0.2, 0.25) is 0 Å². The predicted octanol–water partition coefficient (Wildman–Crippen LogP) is 3.25. The van der Waals surface area contributed by atoms with E-state index in [0.717, 1.165) is 21.4 Å². The van der Waals surface area contributed by atoms with E-state index in [2.05, 4.69) is 10.3 Å². The van der Waals surface area contributed by atoms with Crippen LogP contribution in [0.4, 0.5) is 5.69 Å². The van der Waals surface area contributed by atoms with Gasteiger partial charge in [-0.25, -0.2) is 4.79 Å². The summed E-state index contributed by atoms with van der Waals surface area (Å²) < 4.78 is 0.743. The molecule has 0 aliphatic rings. The first-order valence-corrected chi connectivity index (χ1v) is 6.94. The second-order valence-corrected chi connectivity index (χ2v) is 5.39. The number of carboxylic acids is 1. The molecule has 0 saturated carbocycles. The Bertz CT molecular complexity index is 827. The molecule has 0 fully saturated rings. The van der Waals surface area contributed by atoms with Crippen LogP contribution in [0.3, 0.4) is 0 Å². The summed E-state index contributed by atoms with van der Waals surface area (Å²) in [5.41, 5.74) is 1.04. The zero-order valence-corrected chi connectivity index (χ0v) is 11.6. The van der Waals surface area contributed by atoms with Crippen LogP contribution in [0.2, 0.25) is 0 Å². The number of aromatic nitrogens is 1. The maximum atomic E-state index is 12.1. The molecular weight excluding hydrogens is 288 g/mol. The maximum Gasteiger partial charge on any atom is 0.345 e. The van der Waals surface area contributed by atoms with E-state index in [9.17, 15) is 9.59 Å². The third-order valence-corrected chi connectivity index (χ3v) is 4.10. The summed E-state index contributed by atoms with van der Waals surface area (Å²) in [4.78, 5) is 27.3. The molecule has 2 aromatic heterocycles. The number of carbonyl (C=O) groups excluding carboxylic acids is 1. The van der Waals surface area contributed by atoms with Gasteiger partial charge in [-0.15, -0.1) is 11.3 Å². The van der Waals surface area contributed by atoms with Crippen LogP contribution < -0.4 is 5.32 Å². The average Bonchev–Trinajstić information content (AvgIpc) is 2.93. The third kappa shape index (κ3) is 2.61. The molecular formula is C15H10N2O3S. The van der Waals surface area contributed by atoms with Gasteiger partial charge in [-0.2, -0.15) is 0 Å². The van der Waals surface area contributed by atoms with Crippen LogP contribution in [-0.4, -0.2) is 22.0 Å². The normalized spacial score (nSPS) is 10.5. The van der Waals surface area contributed by atoms with E-state index in [1.165, 1.54) is 6.20 Å². The largest absolute Gasteiger partial charge is 0.477 e. The number of carbonyl (C=O) groups is 2. The highest BCUT2D eigenvalue weighted by molar-refractivity contribution is 7.21. The van der Waals surface area contributed by atoms with Crippen molar-refractivity contribution in [2.24, 2.45) is 0 Å². The van der Waals surface area contributed by atoms with Crippen LogP contribution in [0.5, 0.6) is 0 Å². The van der Waals surface area contributed by atoms with Gasteiger partial charge in [0.1, 0.15) is 4.88 Å². The lowest BCUT2D eigenvalue weighted by atomic mass is 10.2. The number of hydrogen-bond acceptors (Lipinski definition) is 4. The Morgan fingerprint density at radius 2 is 2.05 bits per heavy atom. The van der Waals surface area contributed by atoms with E-state index in [1.54, 1.807) is 36.5 Å². The summed E-state index contributed by atoms with van der Waals surface area (Å²) >= 11 is 1.14. The van der Waals surface area contributed by atoms with Gasteiger partial charge in [0.05, 0.1) is 16.0 Å². The third-order valence-electron chi connectivity index (χ3n) is 2.93. The van der Waals surface area contributed by atoms with Crippen molar-refractivity contribution in [2.45, 2.75) is 0 Å². The molecule has 3 aromatic rings. The second-order valence-electron chi connectivity index (χ2n) is 4.34. The number of carboxylic acid groups (broad SMARTS) is 1. The molecule has 5 nitrogen and oxygen atoms in total. The summed E-state index contributed by atoms with van der Waals surface area (Å²) in [6.07, 6.45) is 3.07. The van der Waals surface area contributed by atoms with E-state index < -0.39 is 5.97 Å². The zero-order valence-electron chi connectivity index (χ0n) is 10.7. The molecule has 0 atom stereocenters. The predicted molar refractivity (Wildman–Crippen MR) is 81.0 cm³/mol. The van der Waals surface area contributed by atoms with Gasteiger partial charge in [0, 0.05) is 12.4 Å². The van der Waals surface area contributed by atoms with Gasteiger partial charge in [-0.1, -0.05) is 12.1 Å². The summed E-state index contributed by atoms with van der Waals surface area (Å²) in [7, 11) is 0. The van der Waals surface area contributed by atoms with Crippen LogP contribution in [-0.2, 0) is 0 Å². The fourth-order valence-corrected chi connectivity index (χ4v) is 2.93. The van der Waals surface area contributed by atoms with Crippen LogP contribution >= 0.6 is 11.3 Å². The van der Waals surface area contributed by atoms with Gasteiger partial charge in [-0.3, -0.25) is 9.78 Å². The first-order chi connectivity index (χ1) is 10.1. The minimum absolute atomic E-state index is 0.244. The molecule has 2 N–H and O–H groups in total. The summed E-state index contributed by atoms with van der Waals surface area (Å²) in [5.74, 6) is -1.25. The summed E-state index contributed by atoms with van der Waals surface area (Å²) in [6, 6.07) is 10.3. The molecule has 1 aromatic carbocycles. The quantitative estimate of drug-likeness (QED) is 0.778. The number of benzene rings is 1. The zero-order chi connectivity index (χ0) is 14.8. The highest BCUT2D eigenvalue weighted by atomic mass is 32.1. The standard InChI is InChI=1S/C15H10N2O3S/c18-14(10-4-2-6-16-8-10)17-11-5-1-3-9-7-12(15(19)20)21-13(9)11/h1-8H,(H,17,18)(H,19,20). The van der Waals surface area contributed by atoms with E-state index in [0.29, 0.717) is 11.3 Å². The van der Waals surface area contributed by atoms with Gasteiger partial charge < -0.3 is 10.4 Å². The first-order valence-electron chi connectivity index (χ1n) is 6.12. The number of aromatic carboxylic acids is 1. The minimum Gasteiger partial charge on any atom is -0.477 e. The number of amides is 1. The monoisotopic (exact) mass is 298 g/mol. The van der Waals surface area contributed by atoms with Crippen LogP contribution in [0, 0.1) is 0 Å². The number of hydrogen-bond donors (Lipinski definition) is 2. The van der Waals surface area contributed by atoms with E-state index in [-0.39, 0.29) is 10.8 Å². The smallest absolute Gasteiger partial charge is 0.345 e. The Balaban J connectivity index is 1.97. The Hall–Kier alpha value is -2.73.